The Morgan fingerprint density at radius 3 is 1.00 bits per heavy atom. The van der Waals surface area contributed by atoms with Crippen LogP contribution in [-0.2, 0) is 54.0 Å². The summed E-state index contributed by atoms with van der Waals surface area (Å²) in [6, 6.07) is 40.9. The fourth-order valence-electron chi connectivity index (χ4n) is 12.3. The number of benzene rings is 6. The highest BCUT2D eigenvalue weighted by molar-refractivity contribution is 14.1. The molecule has 0 fully saturated rings. The number of hydrogen-bond donors (Lipinski definition) is 4. The molecule has 0 saturated carbocycles. The summed E-state index contributed by atoms with van der Waals surface area (Å²) in [7, 11) is -5.77. The van der Waals surface area contributed by atoms with Gasteiger partial charge in [-0.1, -0.05) is 169 Å². The number of nitrogens with zero attached hydrogens (tertiary/aromatic N) is 3. The summed E-state index contributed by atoms with van der Waals surface area (Å²) in [6.07, 6.45) is 21.9. The lowest BCUT2D eigenvalue weighted by molar-refractivity contribution is -0.687. The van der Waals surface area contributed by atoms with Crippen LogP contribution in [0.3, 0.4) is 0 Å². The third kappa shape index (κ3) is 23.7. The maximum absolute atomic E-state index is 13.3. The van der Waals surface area contributed by atoms with Crippen molar-refractivity contribution in [3.63, 3.8) is 0 Å². The number of anilines is 3. The molecular weight excluding hydrogens is 1460 g/mol. The van der Waals surface area contributed by atoms with Crippen LogP contribution < -0.4 is 66.1 Å². The van der Waals surface area contributed by atoms with Gasteiger partial charge in [0.25, 0.3) is 30.1 Å². The number of carbonyl (C=O) groups excluding carboxylic acids is 4. The number of rotatable bonds is 26. The van der Waals surface area contributed by atoms with Crippen molar-refractivity contribution >= 4 is 88.0 Å². The van der Waals surface area contributed by atoms with Gasteiger partial charge in [-0.15, -0.1) is 0 Å². The van der Waals surface area contributed by atoms with Crippen LogP contribution >= 0.6 is 22.6 Å². The van der Waals surface area contributed by atoms with Crippen molar-refractivity contribution in [1.29, 1.82) is 0 Å². The Labute approximate surface area is 602 Å². The molecule has 3 atom stereocenters. The molecule has 0 bridgehead atoms. The topological polar surface area (TPSA) is 268 Å². The van der Waals surface area contributed by atoms with Crippen molar-refractivity contribution in [2.45, 2.75) is 183 Å². The van der Waals surface area contributed by atoms with E-state index < -0.39 is 36.0 Å². The lowest BCUT2D eigenvalue weighted by Crippen LogP contribution is -3.00. The van der Waals surface area contributed by atoms with E-state index in [0.29, 0.717) is 14.7 Å². The van der Waals surface area contributed by atoms with Crippen LogP contribution in [-0.4, -0.2) is 89.4 Å². The van der Waals surface area contributed by atoms with Gasteiger partial charge in [0.15, 0.2) is 0 Å². The number of carboxylic acid groups (broad SMARTS) is 1. The standard InChI is InChI=1S/C24H32N2O4S.C23H31IN2O2S.C22H30N2O2S.2CO2.3ClH/c1-18-14-15-20-22(17-18)31(29,30)26(2)21-12-9-8-11-19(21)24(20)25-16-10-6-4-3-5-7-13-23(27)28;1-3-4-5-6-7-8-11-16-25-23-19-12-9-10-13-21(19)26(2)29(27,28)22-17-18(24)14-15-20(22)23;1-4-5-6-7-10-15-23-22-18-11-8-9-12-20(18)24(3)27(25,26)21-16-17(2)13-14-19(21)22;2*2-1-3;;;/h8-9,11-12,14-15,17,24-25H,3-7,10,13,16H2,1-2H3,(H,27,28);9-10,12-15,17,23,25H,3-8,11,16H2,1-2H3;8-9,11-14,16,22-23H,4-7,10,15H2,1-3H3;;;3*1H. The SMILES string of the molecule is CCCCCCCCC[NH2+]C1c2ccccc2N(C)S(=O)(=O)c2cc(I)ccc21.CCCCCCC[NH2+]C1c2ccccc2N(C)S(=O)(=O)c2cc(C)ccc21.Cc1ccc2c(c1)S(=O)(=O)N(C)c1ccccc1C2[NH2+]CCCCCCCCC(=O)O.O=C=O.O=C=O.[Cl-].[Cl-].[Cl-]. The molecule has 18 nitrogen and oxygen atoms in total. The predicted molar refractivity (Wildman–Crippen MR) is 370 cm³/mol. The van der Waals surface area contributed by atoms with E-state index in [0.717, 1.165) is 136 Å². The summed E-state index contributed by atoms with van der Waals surface area (Å²) in [5.74, 6) is -0.721. The molecule has 0 amide bonds. The summed E-state index contributed by atoms with van der Waals surface area (Å²) < 4.78 is 84.9. The van der Waals surface area contributed by atoms with E-state index >= 15 is 0 Å². The number of carbonyl (C=O) groups is 1. The highest BCUT2D eigenvalue weighted by Crippen LogP contribution is 2.42. The monoisotopic (exact) mass is 1550 g/mol. The first kappa shape index (κ1) is 86.4. The molecule has 0 saturated heterocycles. The number of aryl methyl sites for hydroxylation is 2. The first-order valence-corrected chi connectivity index (χ1v) is 37.9. The Morgan fingerprint density at radius 2 is 0.688 bits per heavy atom. The van der Waals surface area contributed by atoms with Crippen LogP contribution in [0.25, 0.3) is 0 Å². The van der Waals surface area contributed by atoms with E-state index in [1.165, 1.54) is 77.1 Å². The second kappa shape index (κ2) is 43.6. The molecule has 528 valence electrons. The largest absolute Gasteiger partial charge is 1.00 e. The molecule has 3 unspecified atom stereocenters. The van der Waals surface area contributed by atoms with Crippen LogP contribution in [0.2, 0.25) is 0 Å². The molecular formula is C71H96Cl3IN6O12S3. The molecule has 3 aliphatic heterocycles. The van der Waals surface area contributed by atoms with Crippen LogP contribution in [0.15, 0.2) is 142 Å². The molecule has 96 heavy (non-hydrogen) atoms. The van der Waals surface area contributed by atoms with Crippen molar-refractivity contribution in [1.82, 2.24) is 0 Å². The average Bonchev–Trinajstić information content (AvgIpc) is 1.62. The highest BCUT2D eigenvalue weighted by Gasteiger charge is 2.40. The van der Waals surface area contributed by atoms with Gasteiger partial charge in [0.2, 0.25) is 0 Å². The van der Waals surface area contributed by atoms with Gasteiger partial charge in [-0.2, -0.15) is 19.2 Å². The normalized spacial score (nSPS) is 16.0. The molecule has 3 heterocycles. The van der Waals surface area contributed by atoms with Crippen LogP contribution in [0.5, 0.6) is 0 Å². The number of carboxylic acids is 1. The second-order valence-electron chi connectivity index (χ2n) is 23.8. The predicted octanol–water partition coefficient (Wildman–Crippen LogP) is 2.04. The van der Waals surface area contributed by atoms with Crippen molar-refractivity contribution in [2.24, 2.45) is 0 Å². The number of quaternary nitrogens is 3. The van der Waals surface area contributed by atoms with Crippen molar-refractivity contribution in [3.05, 3.63) is 175 Å². The summed E-state index contributed by atoms with van der Waals surface area (Å²) in [4.78, 5) is 44.3. The Bertz CT molecular complexity index is 3810. The fraction of sp³-hybridized carbons (Fsp3) is 0.451. The molecule has 6 aromatic carbocycles. The van der Waals surface area contributed by atoms with Gasteiger partial charge in [0.1, 0.15) is 18.1 Å². The Hall–Kier alpha value is -5.72. The minimum atomic E-state index is -3.61. The zero-order valence-corrected chi connectivity index (χ0v) is 63.0. The number of hydrogen-bond acceptors (Lipinski definition) is 11. The van der Waals surface area contributed by atoms with E-state index in [2.05, 4.69) is 64.5 Å². The number of para-hydroxylation sites is 3. The van der Waals surface area contributed by atoms with Crippen molar-refractivity contribution in [2.75, 3.05) is 53.7 Å². The number of unbranched alkanes of at least 4 members (excludes halogenated alkanes) is 15. The van der Waals surface area contributed by atoms with Gasteiger partial charge in [-0.05, 0) is 135 Å². The Balaban J connectivity index is 0.000000464. The van der Waals surface area contributed by atoms with Gasteiger partial charge in [-0.25, -0.2) is 25.3 Å². The zero-order chi connectivity index (χ0) is 68.1. The van der Waals surface area contributed by atoms with Gasteiger partial charge < -0.3 is 58.3 Å². The highest BCUT2D eigenvalue weighted by atomic mass is 127. The van der Waals surface area contributed by atoms with E-state index in [4.69, 9.17) is 24.3 Å². The number of sulfonamides is 3. The fourth-order valence-corrected chi connectivity index (χ4v) is 17.6. The number of halogens is 4. The third-order valence-electron chi connectivity index (χ3n) is 17.2. The molecule has 0 radical (unpaired) electrons. The second-order valence-corrected chi connectivity index (χ2v) is 30.9. The quantitative estimate of drug-likeness (QED) is 0.0449. The van der Waals surface area contributed by atoms with Crippen LogP contribution in [0, 0.1) is 17.4 Å². The molecule has 7 N–H and O–H groups in total. The summed E-state index contributed by atoms with van der Waals surface area (Å²) in [6.45, 7) is 11.2. The molecule has 3 aliphatic rings. The van der Waals surface area contributed by atoms with Gasteiger partial charge in [-0.3, -0.25) is 17.7 Å². The first-order valence-electron chi connectivity index (χ1n) is 32.5. The lowest BCUT2D eigenvalue weighted by atomic mass is 9.96. The summed E-state index contributed by atoms with van der Waals surface area (Å²) in [5, 5.41) is 15.6. The summed E-state index contributed by atoms with van der Waals surface area (Å²) in [5.41, 5.74) is 9.98. The first-order chi connectivity index (χ1) is 44.6. The minimum absolute atomic E-state index is 0. The van der Waals surface area contributed by atoms with E-state index in [1.807, 2.05) is 123 Å². The Kier molecular flexibility index (Phi) is 39.3. The van der Waals surface area contributed by atoms with E-state index in [-0.39, 0.29) is 74.1 Å². The van der Waals surface area contributed by atoms with Gasteiger partial charge in [0, 0.05) is 64.5 Å². The lowest BCUT2D eigenvalue weighted by Gasteiger charge is -2.20. The zero-order valence-electron chi connectivity index (χ0n) is 56.2. The number of aliphatic carboxylic acids is 1. The summed E-state index contributed by atoms with van der Waals surface area (Å²) >= 11 is 2.19. The maximum atomic E-state index is 13.3. The van der Waals surface area contributed by atoms with Crippen molar-refractivity contribution in [3.8, 4) is 0 Å². The molecule has 0 spiro atoms. The van der Waals surface area contributed by atoms with E-state index in [9.17, 15) is 30.0 Å². The molecule has 0 aromatic heterocycles. The van der Waals surface area contributed by atoms with Gasteiger partial charge in [0.05, 0.1) is 51.4 Å². The molecule has 6 aromatic rings. The maximum Gasteiger partial charge on any atom is 0.373 e. The van der Waals surface area contributed by atoms with Crippen LogP contribution in [0.1, 0.15) is 198 Å². The van der Waals surface area contributed by atoms with Gasteiger partial charge >= 0.3 is 18.3 Å². The van der Waals surface area contributed by atoms with E-state index in [1.54, 1.807) is 27.2 Å². The number of fused-ring (bicyclic) bond motifs is 6. The van der Waals surface area contributed by atoms with Crippen LogP contribution in [0.4, 0.5) is 17.1 Å². The molecule has 25 heteroatoms. The van der Waals surface area contributed by atoms with Crippen molar-refractivity contribution < 1.29 is 108 Å². The number of nitrogens with two attached hydrogens (primary N) is 3. The third-order valence-corrected chi connectivity index (χ3v) is 23.4. The Morgan fingerprint density at radius 1 is 0.417 bits per heavy atom. The molecule has 9 rings (SSSR count). The average molecular weight is 1560 g/mol. The minimum Gasteiger partial charge on any atom is -1.00 e. The molecule has 0 aliphatic carbocycles. The smallest absolute Gasteiger partial charge is 0.373 e.